The fourth-order valence-corrected chi connectivity index (χ4v) is 3.83. The summed E-state index contributed by atoms with van der Waals surface area (Å²) >= 11 is 0. The second-order valence-corrected chi connectivity index (χ2v) is 7.97. The molecule has 4 rings (SSSR count). The number of halogens is 1. The van der Waals surface area contributed by atoms with Crippen LogP contribution in [0.3, 0.4) is 0 Å². The molecule has 0 aliphatic rings. The van der Waals surface area contributed by atoms with Gasteiger partial charge < -0.3 is 19.6 Å². The molecule has 2 N–H and O–H groups in total. The van der Waals surface area contributed by atoms with Crippen molar-refractivity contribution in [3.63, 3.8) is 0 Å². The van der Waals surface area contributed by atoms with Crippen LogP contribution in [0.5, 0.6) is 11.8 Å². The first-order chi connectivity index (χ1) is 16.4. The minimum atomic E-state index is -0.561. The van der Waals surface area contributed by atoms with Crippen molar-refractivity contribution < 1.29 is 18.3 Å². The van der Waals surface area contributed by atoms with Gasteiger partial charge in [-0.2, -0.15) is 0 Å². The van der Waals surface area contributed by atoms with E-state index in [0.29, 0.717) is 22.5 Å². The number of ether oxygens (including phenoxy) is 2. The molecule has 0 bridgehead atoms. The van der Waals surface area contributed by atoms with E-state index in [4.69, 9.17) is 19.6 Å². The highest BCUT2D eigenvalue weighted by atomic mass is 19.1. The SMILES string of the molecule is CCc1cnc(Oc2ccc3c(C)c(Cc4ccc(F)c(C(CN)OC)c4)c(=O)oc3c2)nc1. The number of nitrogens with two attached hydrogens (primary N) is 1. The molecule has 8 heteroatoms. The van der Waals surface area contributed by atoms with Crippen molar-refractivity contribution in [3.05, 3.63) is 92.8 Å². The van der Waals surface area contributed by atoms with Gasteiger partial charge in [0.15, 0.2) is 0 Å². The number of methoxy groups -OCH3 is 1. The Morgan fingerprint density at radius 2 is 1.88 bits per heavy atom. The molecule has 0 radical (unpaired) electrons. The van der Waals surface area contributed by atoms with Crippen LogP contribution in [0.1, 0.15) is 40.8 Å². The summed E-state index contributed by atoms with van der Waals surface area (Å²) in [6.45, 7) is 4.03. The van der Waals surface area contributed by atoms with E-state index in [-0.39, 0.29) is 19.0 Å². The molecular formula is C26H26FN3O4. The Hall–Kier alpha value is -3.62. The minimum absolute atomic E-state index is 0.145. The zero-order chi connectivity index (χ0) is 24.2. The van der Waals surface area contributed by atoms with E-state index in [2.05, 4.69) is 9.97 Å². The van der Waals surface area contributed by atoms with Crippen molar-refractivity contribution in [2.45, 2.75) is 32.8 Å². The predicted molar refractivity (Wildman–Crippen MR) is 127 cm³/mol. The Bertz CT molecular complexity index is 1370. The molecule has 0 amide bonds. The highest BCUT2D eigenvalue weighted by molar-refractivity contribution is 5.82. The van der Waals surface area contributed by atoms with E-state index in [1.165, 1.54) is 13.2 Å². The van der Waals surface area contributed by atoms with E-state index >= 15 is 0 Å². The Morgan fingerprint density at radius 1 is 1.12 bits per heavy atom. The van der Waals surface area contributed by atoms with E-state index in [0.717, 1.165) is 28.5 Å². The van der Waals surface area contributed by atoms with Crippen LogP contribution in [0, 0.1) is 12.7 Å². The van der Waals surface area contributed by atoms with Crippen LogP contribution < -0.4 is 16.1 Å². The van der Waals surface area contributed by atoms with Gasteiger partial charge in [0.2, 0.25) is 0 Å². The van der Waals surface area contributed by atoms with Crippen molar-refractivity contribution in [1.29, 1.82) is 0 Å². The molecular weight excluding hydrogens is 437 g/mol. The van der Waals surface area contributed by atoms with Crippen LogP contribution in [0.25, 0.3) is 11.0 Å². The van der Waals surface area contributed by atoms with Crippen molar-refractivity contribution in [2.75, 3.05) is 13.7 Å². The molecule has 1 atom stereocenters. The number of aromatic nitrogens is 2. The molecule has 0 saturated heterocycles. The second kappa shape index (κ2) is 10.1. The number of benzene rings is 2. The molecule has 4 aromatic rings. The number of nitrogens with zero attached hydrogens (tertiary/aromatic N) is 2. The smallest absolute Gasteiger partial charge is 0.340 e. The minimum Gasteiger partial charge on any atom is -0.424 e. The van der Waals surface area contributed by atoms with Gasteiger partial charge >= 0.3 is 11.6 Å². The van der Waals surface area contributed by atoms with Gasteiger partial charge in [0.1, 0.15) is 17.1 Å². The van der Waals surface area contributed by atoms with Gasteiger partial charge in [-0.25, -0.2) is 19.2 Å². The fourth-order valence-electron chi connectivity index (χ4n) is 3.83. The average Bonchev–Trinajstić information content (AvgIpc) is 2.84. The maximum atomic E-state index is 14.3. The van der Waals surface area contributed by atoms with Crippen LogP contribution in [0.2, 0.25) is 0 Å². The zero-order valence-electron chi connectivity index (χ0n) is 19.3. The summed E-state index contributed by atoms with van der Waals surface area (Å²) in [4.78, 5) is 21.2. The first-order valence-electron chi connectivity index (χ1n) is 11.0. The Kier molecular flexibility index (Phi) is 7.00. The Labute approximate surface area is 196 Å². The normalized spacial score (nSPS) is 12.1. The van der Waals surface area contributed by atoms with E-state index in [1.807, 2.05) is 19.9 Å². The van der Waals surface area contributed by atoms with Crippen LogP contribution in [-0.4, -0.2) is 23.6 Å². The lowest BCUT2D eigenvalue weighted by Crippen LogP contribution is -2.16. The summed E-state index contributed by atoms with van der Waals surface area (Å²) in [5.74, 6) is 0.0618. The third kappa shape index (κ3) is 4.83. The molecule has 2 aromatic heterocycles. The maximum Gasteiger partial charge on any atom is 0.340 e. The molecule has 176 valence electrons. The van der Waals surface area contributed by atoms with Crippen molar-refractivity contribution >= 4 is 11.0 Å². The summed E-state index contributed by atoms with van der Waals surface area (Å²) in [6.07, 6.45) is 3.98. The molecule has 0 aliphatic carbocycles. The summed E-state index contributed by atoms with van der Waals surface area (Å²) < 4.78 is 30.9. The van der Waals surface area contributed by atoms with Crippen molar-refractivity contribution in [3.8, 4) is 11.8 Å². The first kappa shape index (κ1) is 23.5. The lowest BCUT2D eigenvalue weighted by Gasteiger charge is -2.16. The third-order valence-electron chi connectivity index (χ3n) is 5.84. The third-order valence-corrected chi connectivity index (χ3v) is 5.84. The molecule has 2 aromatic carbocycles. The van der Waals surface area contributed by atoms with Crippen LogP contribution in [-0.2, 0) is 17.6 Å². The quantitative estimate of drug-likeness (QED) is 0.381. The van der Waals surface area contributed by atoms with Gasteiger partial charge in [0.25, 0.3) is 0 Å². The molecule has 0 spiro atoms. The van der Waals surface area contributed by atoms with Gasteiger partial charge in [-0.1, -0.05) is 13.0 Å². The number of hydrogen-bond acceptors (Lipinski definition) is 7. The van der Waals surface area contributed by atoms with E-state index in [9.17, 15) is 9.18 Å². The highest BCUT2D eigenvalue weighted by Crippen LogP contribution is 2.28. The van der Waals surface area contributed by atoms with Gasteiger partial charge in [0, 0.05) is 55.0 Å². The summed E-state index contributed by atoms with van der Waals surface area (Å²) in [5, 5.41) is 0.781. The summed E-state index contributed by atoms with van der Waals surface area (Å²) in [6, 6.07) is 10.2. The molecule has 0 aliphatic heterocycles. The maximum absolute atomic E-state index is 14.3. The number of aryl methyl sites for hydroxylation is 2. The Morgan fingerprint density at radius 3 is 2.56 bits per heavy atom. The summed E-state index contributed by atoms with van der Waals surface area (Å²) in [7, 11) is 1.48. The number of hydrogen-bond donors (Lipinski definition) is 1. The second-order valence-electron chi connectivity index (χ2n) is 7.97. The topological polar surface area (TPSA) is 100 Å². The standard InChI is InChI=1S/C26H26FN3O4/c1-4-16-13-29-26(30-14-16)33-18-6-7-19-15(2)20(25(31)34-23(19)11-18)9-17-5-8-22(27)21(10-17)24(12-28)32-3/h5-8,10-11,13-14,24H,4,9,12,28H2,1-3H3. The lowest BCUT2D eigenvalue weighted by atomic mass is 9.97. The Balaban J connectivity index is 1.64. The van der Waals surface area contributed by atoms with Gasteiger partial charge in [0.05, 0.1) is 6.10 Å². The van der Waals surface area contributed by atoms with E-state index < -0.39 is 17.5 Å². The average molecular weight is 464 g/mol. The predicted octanol–water partition coefficient (Wildman–Crippen LogP) is 4.62. The number of rotatable bonds is 8. The number of fused-ring (bicyclic) bond motifs is 1. The first-order valence-corrected chi connectivity index (χ1v) is 11.0. The zero-order valence-corrected chi connectivity index (χ0v) is 19.3. The van der Waals surface area contributed by atoms with Crippen molar-refractivity contribution in [1.82, 2.24) is 9.97 Å². The van der Waals surface area contributed by atoms with Crippen molar-refractivity contribution in [2.24, 2.45) is 5.73 Å². The van der Waals surface area contributed by atoms with Gasteiger partial charge in [-0.15, -0.1) is 0 Å². The molecule has 2 heterocycles. The van der Waals surface area contributed by atoms with Gasteiger partial charge in [-0.3, -0.25) is 0 Å². The largest absolute Gasteiger partial charge is 0.424 e. The molecule has 7 nitrogen and oxygen atoms in total. The van der Waals surface area contributed by atoms with Crippen LogP contribution >= 0.6 is 0 Å². The van der Waals surface area contributed by atoms with Gasteiger partial charge in [-0.05, 0) is 54.3 Å². The molecule has 34 heavy (non-hydrogen) atoms. The molecule has 0 fully saturated rings. The lowest BCUT2D eigenvalue weighted by molar-refractivity contribution is 0.107. The molecule has 0 saturated carbocycles. The van der Waals surface area contributed by atoms with E-state index in [1.54, 1.807) is 36.7 Å². The fraction of sp³-hybridized carbons (Fsp3) is 0.269. The van der Waals surface area contributed by atoms with Crippen LogP contribution in [0.15, 0.2) is 58.0 Å². The summed E-state index contributed by atoms with van der Waals surface area (Å²) in [5.41, 5.74) is 9.05. The highest BCUT2D eigenvalue weighted by Gasteiger charge is 2.17. The monoisotopic (exact) mass is 463 g/mol. The van der Waals surface area contributed by atoms with Crippen LogP contribution in [0.4, 0.5) is 4.39 Å². The molecule has 1 unspecified atom stereocenters.